The van der Waals surface area contributed by atoms with Crippen LogP contribution in [-0.4, -0.2) is 11.5 Å². The summed E-state index contributed by atoms with van der Waals surface area (Å²) in [6.45, 7) is 1.90. The maximum atomic E-state index is 8.59. The molecule has 0 radical (unpaired) electrons. The van der Waals surface area contributed by atoms with E-state index in [0.717, 1.165) is 19.5 Å². The number of rotatable bonds is 0. The Morgan fingerprint density at radius 1 is 1.55 bits per heavy atom. The zero-order valence-electron chi connectivity index (χ0n) is 6.15. The van der Waals surface area contributed by atoms with Crippen LogP contribution in [0.2, 0.25) is 0 Å². The van der Waals surface area contributed by atoms with Crippen molar-refractivity contribution in [3.63, 3.8) is 0 Å². The summed E-state index contributed by atoms with van der Waals surface area (Å²) in [7, 11) is 0. The molecule has 0 bridgehead atoms. The molecule has 0 saturated carbocycles. The van der Waals surface area contributed by atoms with Crippen LogP contribution >= 0.6 is 0 Å². The molecule has 1 aliphatic rings. The van der Waals surface area contributed by atoms with Crippen molar-refractivity contribution in [1.82, 2.24) is 10.3 Å². The Balaban J connectivity index is 2.42. The van der Waals surface area contributed by atoms with Gasteiger partial charge in [-0.25, -0.2) is 0 Å². The molecule has 0 aromatic carbocycles. The van der Waals surface area contributed by atoms with Crippen LogP contribution in [0.4, 0.5) is 0 Å². The lowest BCUT2D eigenvalue weighted by molar-refractivity contribution is 0.635. The van der Waals surface area contributed by atoms with Crippen LogP contribution in [0.25, 0.3) is 0 Å². The largest absolute Gasteiger partial charge is 0.349 e. The molecule has 2 N–H and O–H groups in total. The minimum atomic E-state index is 0.679. The first kappa shape index (κ1) is 6.44. The third kappa shape index (κ3) is 1.02. The Hall–Kier alpha value is -1.27. The number of hydrogen-bond acceptors (Lipinski definition) is 2. The number of nitriles is 1. The highest BCUT2D eigenvalue weighted by molar-refractivity contribution is 5.34. The summed E-state index contributed by atoms with van der Waals surface area (Å²) in [5.41, 5.74) is 3.15. The zero-order valence-corrected chi connectivity index (χ0v) is 6.15. The lowest BCUT2D eigenvalue weighted by atomic mass is 10.1. The Morgan fingerprint density at radius 2 is 2.45 bits per heavy atom. The van der Waals surface area contributed by atoms with Gasteiger partial charge in [-0.2, -0.15) is 5.26 Å². The molecular formula is C8H9N3. The van der Waals surface area contributed by atoms with Crippen LogP contribution in [0.3, 0.4) is 0 Å². The minimum Gasteiger partial charge on any atom is -0.349 e. The van der Waals surface area contributed by atoms with Gasteiger partial charge in [0.15, 0.2) is 0 Å². The molecule has 56 valence electrons. The quantitative estimate of drug-likeness (QED) is 0.562. The molecule has 0 spiro atoms. The van der Waals surface area contributed by atoms with Gasteiger partial charge in [0.1, 0.15) is 11.8 Å². The van der Waals surface area contributed by atoms with Gasteiger partial charge in [-0.1, -0.05) is 0 Å². The first-order valence-corrected chi connectivity index (χ1v) is 3.72. The van der Waals surface area contributed by atoms with E-state index in [1.807, 2.05) is 6.07 Å². The van der Waals surface area contributed by atoms with Gasteiger partial charge < -0.3 is 10.3 Å². The van der Waals surface area contributed by atoms with Gasteiger partial charge in [0, 0.05) is 12.2 Å². The molecule has 1 aromatic heterocycles. The highest BCUT2D eigenvalue weighted by Crippen LogP contribution is 2.13. The van der Waals surface area contributed by atoms with E-state index in [1.165, 1.54) is 11.3 Å². The first-order chi connectivity index (χ1) is 5.40. The second-order valence-corrected chi connectivity index (χ2v) is 2.73. The topological polar surface area (TPSA) is 51.6 Å². The summed E-state index contributed by atoms with van der Waals surface area (Å²) >= 11 is 0. The smallest absolute Gasteiger partial charge is 0.118 e. The molecule has 1 aromatic rings. The van der Waals surface area contributed by atoms with Crippen molar-refractivity contribution < 1.29 is 0 Å². The minimum absolute atomic E-state index is 0.679. The van der Waals surface area contributed by atoms with Gasteiger partial charge in [0.05, 0.1) is 0 Å². The molecule has 0 fully saturated rings. The maximum Gasteiger partial charge on any atom is 0.118 e. The summed E-state index contributed by atoms with van der Waals surface area (Å²) in [5, 5.41) is 11.8. The molecule has 0 amide bonds. The number of hydrogen-bond donors (Lipinski definition) is 2. The van der Waals surface area contributed by atoms with Crippen molar-refractivity contribution >= 4 is 0 Å². The van der Waals surface area contributed by atoms with Crippen LogP contribution < -0.4 is 5.32 Å². The average Bonchev–Trinajstić information content (AvgIpc) is 2.46. The van der Waals surface area contributed by atoms with Gasteiger partial charge in [-0.15, -0.1) is 0 Å². The summed E-state index contributed by atoms with van der Waals surface area (Å²) in [6, 6.07) is 4.04. The highest BCUT2D eigenvalue weighted by atomic mass is 14.9. The number of aromatic amines is 1. The lowest BCUT2D eigenvalue weighted by Gasteiger charge is -2.11. The fourth-order valence-electron chi connectivity index (χ4n) is 1.42. The van der Waals surface area contributed by atoms with Gasteiger partial charge in [-0.05, 0) is 24.6 Å². The Morgan fingerprint density at radius 3 is 3.18 bits per heavy atom. The fourth-order valence-corrected chi connectivity index (χ4v) is 1.42. The predicted molar refractivity (Wildman–Crippen MR) is 40.9 cm³/mol. The van der Waals surface area contributed by atoms with Crippen LogP contribution in [0.5, 0.6) is 0 Å². The van der Waals surface area contributed by atoms with Crippen LogP contribution in [0.15, 0.2) is 6.07 Å². The van der Waals surface area contributed by atoms with Crippen molar-refractivity contribution in [3.05, 3.63) is 23.0 Å². The standard InChI is InChI=1S/C8H9N3/c9-4-7-3-6-1-2-10-5-8(6)11-7/h3,10-11H,1-2,5H2. The fraction of sp³-hybridized carbons (Fsp3) is 0.375. The second kappa shape index (κ2) is 2.40. The number of fused-ring (bicyclic) bond motifs is 1. The number of nitrogens with one attached hydrogen (secondary N) is 2. The van der Waals surface area contributed by atoms with E-state index in [2.05, 4.69) is 16.4 Å². The molecule has 3 heteroatoms. The lowest BCUT2D eigenvalue weighted by Crippen LogP contribution is -2.22. The Labute approximate surface area is 65.0 Å². The summed E-state index contributed by atoms with van der Waals surface area (Å²) in [6.07, 6.45) is 1.04. The highest BCUT2D eigenvalue weighted by Gasteiger charge is 2.10. The summed E-state index contributed by atoms with van der Waals surface area (Å²) in [5.74, 6) is 0. The van der Waals surface area contributed by atoms with Crippen LogP contribution in [0.1, 0.15) is 17.0 Å². The molecule has 11 heavy (non-hydrogen) atoms. The molecule has 0 unspecified atom stereocenters. The van der Waals surface area contributed by atoms with Gasteiger partial charge in [0.2, 0.25) is 0 Å². The first-order valence-electron chi connectivity index (χ1n) is 3.72. The normalized spacial score (nSPS) is 15.5. The van der Waals surface area contributed by atoms with Crippen molar-refractivity contribution in [1.29, 1.82) is 5.26 Å². The van der Waals surface area contributed by atoms with Crippen molar-refractivity contribution in [3.8, 4) is 6.07 Å². The average molecular weight is 147 g/mol. The van der Waals surface area contributed by atoms with Crippen LogP contribution in [0, 0.1) is 11.3 Å². The van der Waals surface area contributed by atoms with E-state index in [-0.39, 0.29) is 0 Å². The zero-order chi connectivity index (χ0) is 7.68. The molecule has 2 heterocycles. The number of H-pyrrole nitrogens is 1. The molecule has 2 rings (SSSR count). The predicted octanol–water partition coefficient (Wildman–Crippen LogP) is 0.532. The molecule has 1 aliphatic heterocycles. The molecule has 0 atom stereocenters. The van der Waals surface area contributed by atoms with Gasteiger partial charge in [-0.3, -0.25) is 0 Å². The van der Waals surface area contributed by atoms with E-state index in [1.54, 1.807) is 0 Å². The second-order valence-electron chi connectivity index (χ2n) is 2.73. The SMILES string of the molecule is N#Cc1cc2c([nH]1)CNCC2. The van der Waals surface area contributed by atoms with Gasteiger partial charge in [0.25, 0.3) is 0 Å². The number of aromatic nitrogens is 1. The van der Waals surface area contributed by atoms with Crippen molar-refractivity contribution in [2.45, 2.75) is 13.0 Å². The monoisotopic (exact) mass is 147 g/mol. The van der Waals surface area contributed by atoms with E-state index in [0.29, 0.717) is 5.69 Å². The van der Waals surface area contributed by atoms with E-state index < -0.39 is 0 Å². The molecule has 0 aliphatic carbocycles. The number of nitrogens with zero attached hydrogens (tertiary/aromatic N) is 1. The van der Waals surface area contributed by atoms with Crippen molar-refractivity contribution in [2.24, 2.45) is 0 Å². The molecule has 0 saturated heterocycles. The third-order valence-corrected chi connectivity index (χ3v) is 1.99. The van der Waals surface area contributed by atoms with E-state index in [9.17, 15) is 0 Å². The van der Waals surface area contributed by atoms with Crippen LogP contribution in [-0.2, 0) is 13.0 Å². The third-order valence-electron chi connectivity index (χ3n) is 1.99. The Kier molecular flexibility index (Phi) is 1.41. The maximum absolute atomic E-state index is 8.59. The summed E-state index contributed by atoms with van der Waals surface area (Å²) in [4.78, 5) is 3.06. The summed E-state index contributed by atoms with van der Waals surface area (Å²) < 4.78 is 0. The van der Waals surface area contributed by atoms with Crippen molar-refractivity contribution in [2.75, 3.05) is 6.54 Å². The van der Waals surface area contributed by atoms with Gasteiger partial charge >= 0.3 is 0 Å². The Bertz CT molecular complexity index is 282. The van der Waals surface area contributed by atoms with E-state index >= 15 is 0 Å². The molecule has 3 nitrogen and oxygen atoms in total. The molecular weight excluding hydrogens is 138 g/mol. The van der Waals surface area contributed by atoms with E-state index in [4.69, 9.17) is 5.26 Å².